The molecule has 21 heavy (non-hydrogen) atoms. The van der Waals surface area contributed by atoms with Gasteiger partial charge in [-0.15, -0.1) is 0 Å². The number of hydrogen-bond acceptors (Lipinski definition) is 2. The molecule has 0 spiro atoms. The Bertz CT molecular complexity index is 608. The third kappa shape index (κ3) is 2.80. The van der Waals surface area contributed by atoms with Gasteiger partial charge in [-0.2, -0.15) is 5.10 Å². The van der Waals surface area contributed by atoms with Crippen molar-refractivity contribution >= 4 is 5.82 Å². The first-order valence-corrected chi connectivity index (χ1v) is 7.75. The molecular weight excluding hydrogens is 265 g/mol. The zero-order chi connectivity index (χ0) is 14.8. The highest BCUT2D eigenvalue weighted by Crippen LogP contribution is 2.39. The number of halogens is 1. The lowest BCUT2D eigenvalue weighted by atomic mass is 9.91. The van der Waals surface area contributed by atoms with E-state index in [1.807, 2.05) is 7.05 Å². The number of rotatable bonds is 2. The molecule has 1 heterocycles. The number of hydrogen-bond donors (Lipinski definition) is 1. The highest BCUT2D eigenvalue weighted by Gasteiger charge is 2.24. The van der Waals surface area contributed by atoms with E-state index in [-0.39, 0.29) is 5.82 Å². The van der Waals surface area contributed by atoms with Crippen molar-refractivity contribution in [2.45, 2.75) is 44.4 Å². The molecule has 112 valence electrons. The van der Waals surface area contributed by atoms with Crippen molar-refractivity contribution in [1.82, 2.24) is 9.78 Å². The van der Waals surface area contributed by atoms with Crippen LogP contribution in [0.3, 0.4) is 0 Å². The van der Waals surface area contributed by atoms with Crippen molar-refractivity contribution in [3.05, 3.63) is 35.8 Å². The van der Waals surface area contributed by atoms with Crippen LogP contribution in [-0.2, 0) is 7.05 Å². The minimum atomic E-state index is -0.225. The second kappa shape index (κ2) is 5.88. The van der Waals surface area contributed by atoms with Gasteiger partial charge in [-0.3, -0.25) is 4.68 Å². The number of benzene rings is 1. The molecule has 0 unspecified atom stereocenters. The Balaban J connectivity index is 2.04. The molecule has 0 saturated heterocycles. The molecule has 1 aromatic heterocycles. The Labute approximate surface area is 125 Å². The fraction of sp³-hybridized carbons (Fsp3) is 0.471. The van der Waals surface area contributed by atoms with Crippen LogP contribution >= 0.6 is 0 Å². The van der Waals surface area contributed by atoms with Crippen LogP contribution in [0.4, 0.5) is 10.2 Å². The molecule has 3 nitrogen and oxygen atoms in total. The van der Waals surface area contributed by atoms with E-state index in [0.29, 0.717) is 11.7 Å². The van der Waals surface area contributed by atoms with Gasteiger partial charge < -0.3 is 5.73 Å². The van der Waals surface area contributed by atoms with Crippen LogP contribution in [-0.4, -0.2) is 9.78 Å². The summed E-state index contributed by atoms with van der Waals surface area (Å²) >= 11 is 0. The van der Waals surface area contributed by atoms with Crippen molar-refractivity contribution in [2.24, 2.45) is 7.05 Å². The van der Waals surface area contributed by atoms with Gasteiger partial charge in [-0.05, 0) is 30.5 Å². The van der Waals surface area contributed by atoms with Crippen LogP contribution < -0.4 is 5.73 Å². The maximum absolute atomic E-state index is 13.2. The number of nitrogens with two attached hydrogens (primary N) is 1. The first-order valence-electron chi connectivity index (χ1n) is 7.75. The Morgan fingerprint density at radius 2 is 1.71 bits per heavy atom. The smallest absolute Gasteiger partial charge is 0.129 e. The molecule has 1 aromatic carbocycles. The summed E-state index contributed by atoms with van der Waals surface area (Å²) in [4.78, 5) is 0. The molecule has 0 radical (unpaired) electrons. The lowest BCUT2D eigenvalue weighted by molar-refractivity contribution is 0.567. The number of nitrogens with zero attached hydrogens (tertiary/aromatic N) is 2. The molecule has 0 aliphatic heterocycles. The average Bonchev–Trinajstić information content (AvgIpc) is 2.70. The maximum Gasteiger partial charge on any atom is 0.129 e. The van der Waals surface area contributed by atoms with E-state index in [4.69, 9.17) is 5.73 Å². The monoisotopic (exact) mass is 287 g/mol. The predicted molar refractivity (Wildman–Crippen MR) is 83.5 cm³/mol. The molecule has 0 amide bonds. The lowest BCUT2D eigenvalue weighted by Gasteiger charge is -2.13. The van der Waals surface area contributed by atoms with Crippen LogP contribution in [0.15, 0.2) is 24.3 Å². The van der Waals surface area contributed by atoms with E-state index in [1.54, 1.807) is 16.8 Å². The summed E-state index contributed by atoms with van der Waals surface area (Å²) < 4.78 is 14.9. The zero-order valence-electron chi connectivity index (χ0n) is 12.5. The molecule has 3 rings (SSSR count). The van der Waals surface area contributed by atoms with E-state index in [1.165, 1.54) is 50.7 Å². The molecule has 1 aliphatic carbocycles. The SMILES string of the molecule is Cn1nc(C2CCCCCC2)c(-c2ccc(F)cc2)c1N. The molecule has 1 saturated carbocycles. The Morgan fingerprint density at radius 1 is 1.10 bits per heavy atom. The van der Waals surface area contributed by atoms with Crippen molar-refractivity contribution in [3.8, 4) is 11.1 Å². The van der Waals surface area contributed by atoms with Crippen LogP contribution in [0.25, 0.3) is 11.1 Å². The predicted octanol–water partition coefficient (Wildman–Crippen LogP) is 4.25. The van der Waals surface area contributed by atoms with Crippen LogP contribution in [0, 0.1) is 5.82 Å². The van der Waals surface area contributed by atoms with Gasteiger partial charge in [0.1, 0.15) is 11.6 Å². The second-order valence-corrected chi connectivity index (χ2v) is 5.96. The third-order valence-electron chi connectivity index (χ3n) is 4.49. The van der Waals surface area contributed by atoms with Crippen molar-refractivity contribution in [1.29, 1.82) is 0 Å². The van der Waals surface area contributed by atoms with Crippen LogP contribution in [0.2, 0.25) is 0 Å². The zero-order valence-corrected chi connectivity index (χ0v) is 12.5. The van der Waals surface area contributed by atoms with Crippen molar-refractivity contribution in [3.63, 3.8) is 0 Å². The highest BCUT2D eigenvalue weighted by atomic mass is 19.1. The minimum absolute atomic E-state index is 0.225. The summed E-state index contributed by atoms with van der Waals surface area (Å²) in [6.45, 7) is 0. The van der Waals surface area contributed by atoms with E-state index in [9.17, 15) is 4.39 Å². The third-order valence-corrected chi connectivity index (χ3v) is 4.49. The number of anilines is 1. The fourth-order valence-corrected chi connectivity index (χ4v) is 3.31. The van der Waals surface area contributed by atoms with E-state index >= 15 is 0 Å². The first kappa shape index (κ1) is 14.1. The van der Waals surface area contributed by atoms with Gasteiger partial charge in [0.2, 0.25) is 0 Å². The van der Waals surface area contributed by atoms with Crippen LogP contribution in [0.5, 0.6) is 0 Å². The Hall–Kier alpha value is -1.84. The molecule has 1 aliphatic rings. The molecule has 2 N–H and O–H groups in total. The second-order valence-electron chi connectivity index (χ2n) is 5.96. The largest absolute Gasteiger partial charge is 0.383 e. The van der Waals surface area contributed by atoms with Gasteiger partial charge in [-0.1, -0.05) is 37.8 Å². The fourth-order valence-electron chi connectivity index (χ4n) is 3.31. The maximum atomic E-state index is 13.2. The van der Waals surface area contributed by atoms with Gasteiger partial charge in [0.05, 0.1) is 5.69 Å². The molecule has 0 bridgehead atoms. The number of aryl methyl sites for hydroxylation is 1. The summed E-state index contributed by atoms with van der Waals surface area (Å²) in [7, 11) is 1.88. The summed E-state index contributed by atoms with van der Waals surface area (Å²) in [5, 5.41) is 4.67. The van der Waals surface area contributed by atoms with Gasteiger partial charge in [-0.25, -0.2) is 4.39 Å². The molecule has 2 aromatic rings. The summed E-state index contributed by atoms with van der Waals surface area (Å²) in [6.07, 6.45) is 7.47. The number of aromatic nitrogens is 2. The first-order chi connectivity index (χ1) is 10.2. The summed E-state index contributed by atoms with van der Waals surface area (Å²) in [6, 6.07) is 6.56. The Kier molecular flexibility index (Phi) is 3.95. The normalized spacial score (nSPS) is 16.9. The Morgan fingerprint density at radius 3 is 2.33 bits per heavy atom. The molecular formula is C17H22FN3. The van der Waals surface area contributed by atoms with Crippen molar-refractivity contribution < 1.29 is 4.39 Å². The standard InChI is InChI=1S/C17H22FN3/c1-21-17(19)15(12-8-10-14(18)11-9-12)16(20-21)13-6-4-2-3-5-7-13/h8-11,13H,2-7,19H2,1H3. The quantitative estimate of drug-likeness (QED) is 0.839. The summed E-state index contributed by atoms with van der Waals surface area (Å²) in [5.74, 6) is 0.911. The molecule has 0 atom stereocenters. The molecule has 4 heteroatoms. The van der Waals surface area contributed by atoms with Gasteiger partial charge in [0, 0.05) is 18.5 Å². The van der Waals surface area contributed by atoms with E-state index in [2.05, 4.69) is 5.10 Å². The lowest BCUT2D eigenvalue weighted by Crippen LogP contribution is -2.01. The van der Waals surface area contributed by atoms with E-state index < -0.39 is 0 Å². The van der Waals surface area contributed by atoms with E-state index in [0.717, 1.165) is 16.8 Å². The highest BCUT2D eigenvalue weighted by molar-refractivity contribution is 5.77. The van der Waals surface area contributed by atoms with Gasteiger partial charge >= 0.3 is 0 Å². The van der Waals surface area contributed by atoms with Gasteiger partial charge in [0.15, 0.2) is 0 Å². The van der Waals surface area contributed by atoms with Crippen LogP contribution in [0.1, 0.15) is 50.1 Å². The van der Waals surface area contributed by atoms with Crippen molar-refractivity contribution in [2.75, 3.05) is 5.73 Å². The topological polar surface area (TPSA) is 43.8 Å². The minimum Gasteiger partial charge on any atom is -0.383 e. The summed E-state index contributed by atoms with van der Waals surface area (Å²) in [5.41, 5.74) is 9.26. The molecule has 1 fully saturated rings. The number of nitrogen functional groups attached to an aromatic ring is 1. The van der Waals surface area contributed by atoms with Gasteiger partial charge in [0.25, 0.3) is 0 Å². The average molecular weight is 287 g/mol.